The maximum Gasteiger partial charge on any atom is 0.407 e. The van der Waals surface area contributed by atoms with Crippen molar-refractivity contribution in [3.05, 3.63) is 59.3 Å². The Labute approximate surface area is 200 Å². The van der Waals surface area contributed by atoms with Crippen LogP contribution in [0, 0.1) is 5.92 Å². The number of ether oxygens (including phenoxy) is 2. The number of nitrogens with one attached hydrogen (secondary N) is 1. The molecule has 3 atom stereocenters. The molecule has 0 spiro atoms. The molecule has 1 amide bonds. The summed E-state index contributed by atoms with van der Waals surface area (Å²) in [5.74, 6) is -0.0596. The van der Waals surface area contributed by atoms with Crippen molar-refractivity contribution in [3.63, 3.8) is 0 Å². The van der Waals surface area contributed by atoms with Crippen molar-refractivity contribution < 1.29 is 24.5 Å². The number of aliphatic hydroxyl groups is 2. The maximum atomic E-state index is 11.7. The van der Waals surface area contributed by atoms with Gasteiger partial charge in [0.2, 0.25) is 0 Å². The van der Waals surface area contributed by atoms with Crippen LogP contribution < -0.4 is 5.32 Å². The molecular formula is C27H45NO5. The number of rotatable bonds is 13. The SMILES string of the molecule is CO[C@H](/C=C/C=C/[C@H](C)[C@H](O)/C(C)=C/C=C(\C)CNC(=O)OC(C)(C)C)CC/C=C(/C)CO. The van der Waals surface area contributed by atoms with Gasteiger partial charge >= 0.3 is 6.09 Å². The second kappa shape index (κ2) is 16.5. The van der Waals surface area contributed by atoms with Crippen LogP contribution in [0.1, 0.15) is 61.3 Å². The molecule has 6 nitrogen and oxygen atoms in total. The summed E-state index contributed by atoms with van der Waals surface area (Å²) in [4.78, 5) is 11.7. The first kappa shape index (κ1) is 30.9. The standard InChI is InChI=1S/C27H45NO5/c1-20(18-28-26(31)33-27(5,6)7)16-17-23(4)25(30)22(3)13-9-10-14-24(32-8)15-11-12-21(2)19-29/h9-10,12-14,16-17,22,24-25,29-30H,11,15,18-19H2,1-8H3,(H,28,31)/b13-9+,14-10+,20-16+,21-12-,23-17+/t22-,24+,25-/m0/s1. The van der Waals surface area contributed by atoms with Crippen LogP contribution in [-0.2, 0) is 9.47 Å². The third-order valence-electron chi connectivity index (χ3n) is 4.85. The number of amides is 1. The van der Waals surface area contributed by atoms with E-state index in [-0.39, 0.29) is 18.6 Å². The van der Waals surface area contributed by atoms with Gasteiger partial charge < -0.3 is 25.0 Å². The fourth-order valence-corrected chi connectivity index (χ4v) is 2.76. The van der Waals surface area contributed by atoms with Crippen molar-refractivity contribution in [2.45, 2.75) is 79.1 Å². The Bertz CT molecular complexity index is 725. The third-order valence-corrected chi connectivity index (χ3v) is 4.85. The Kier molecular flexibility index (Phi) is 15.4. The normalized spacial score (nSPS) is 16.8. The molecule has 0 aromatic rings. The van der Waals surface area contributed by atoms with E-state index in [2.05, 4.69) is 5.32 Å². The largest absolute Gasteiger partial charge is 0.444 e. The van der Waals surface area contributed by atoms with E-state index in [4.69, 9.17) is 14.6 Å². The highest BCUT2D eigenvalue weighted by Gasteiger charge is 2.15. The van der Waals surface area contributed by atoms with Gasteiger partial charge in [0.05, 0.1) is 18.8 Å². The first-order chi connectivity index (χ1) is 15.4. The first-order valence-electron chi connectivity index (χ1n) is 11.5. The fraction of sp³-hybridized carbons (Fsp3) is 0.593. The lowest BCUT2D eigenvalue weighted by atomic mass is 9.97. The van der Waals surface area contributed by atoms with E-state index in [1.54, 1.807) is 7.11 Å². The second-order valence-corrected chi connectivity index (χ2v) is 9.41. The molecule has 0 heterocycles. The molecule has 0 aromatic carbocycles. The van der Waals surface area contributed by atoms with Crippen molar-refractivity contribution in [1.82, 2.24) is 5.32 Å². The minimum Gasteiger partial charge on any atom is -0.444 e. The Hall–Kier alpha value is -2.15. The van der Waals surface area contributed by atoms with Gasteiger partial charge in [0, 0.05) is 19.6 Å². The molecule has 0 aliphatic rings. The summed E-state index contributed by atoms with van der Waals surface area (Å²) in [6.45, 7) is 13.6. The van der Waals surface area contributed by atoms with Crippen molar-refractivity contribution in [2.75, 3.05) is 20.3 Å². The molecule has 6 heteroatoms. The van der Waals surface area contributed by atoms with Gasteiger partial charge in [-0.15, -0.1) is 0 Å². The van der Waals surface area contributed by atoms with Crippen LogP contribution in [0.5, 0.6) is 0 Å². The highest BCUT2D eigenvalue weighted by molar-refractivity contribution is 5.68. The lowest BCUT2D eigenvalue weighted by Gasteiger charge is -2.19. The van der Waals surface area contributed by atoms with Gasteiger partial charge in [0.1, 0.15) is 5.60 Å². The maximum absolute atomic E-state index is 11.7. The lowest BCUT2D eigenvalue weighted by molar-refractivity contribution is 0.0532. The van der Waals surface area contributed by atoms with E-state index in [0.717, 1.165) is 29.6 Å². The molecule has 0 fully saturated rings. The Morgan fingerprint density at radius 3 is 2.27 bits per heavy atom. The summed E-state index contributed by atoms with van der Waals surface area (Å²) in [5.41, 5.74) is 2.23. The van der Waals surface area contributed by atoms with Gasteiger partial charge in [0.15, 0.2) is 0 Å². The van der Waals surface area contributed by atoms with Crippen LogP contribution >= 0.6 is 0 Å². The second-order valence-electron chi connectivity index (χ2n) is 9.41. The van der Waals surface area contributed by atoms with Gasteiger partial charge in [-0.2, -0.15) is 0 Å². The van der Waals surface area contributed by atoms with Gasteiger partial charge in [-0.05, 0) is 60.0 Å². The molecule has 0 aromatic heterocycles. The Morgan fingerprint density at radius 2 is 1.70 bits per heavy atom. The average molecular weight is 464 g/mol. The molecule has 0 bridgehead atoms. The van der Waals surface area contributed by atoms with Crippen LogP contribution in [0.3, 0.4) is 0 Å². The van der Waals surface area contributed by atoms with Crippen LogP contribution in [0.4, 0.5) is 4.79 Å². The Balaban J connectivity index is 4.67. The number of hydrogen-bond acceptors (Lipinski definition) is 5. The van der Waals surface area contributed by atoms with E-state index in [9.17, 15) is 9.90 Å². The van der Waals surface area contributed by atoms with E-state index in [1.807, 2.05) is 91.0 Å². The third kappa shape index (κ3) is 16.2. The van der Waals surface area contributed by atoms with Crippen LogP contribution in [0.2, 0.25) is 0 Å². The molecule has 33 heavy (non-hydrogen) atoms. The van der Waals surface area contributed by atoms with Crippen LogP contribution in [-0.4, -0.2) is 54.4 Å². The zero-order valence-corrected chi connectivity index (χ0v) is 21.7. The molecule has 3 N–H and O–H groups in total. The predicted molar refractivity (Wildman–Crippen MR) is 136 cm³/mol. The molecule has 0 rings (SSSR count). The quantitative estimate of drug-likeness (QED) is 0.257. The number of aliphatic hydroxyl groups excluding tert-OH is 2. The van der Waals surface area contributed by atoms with Crippen molar-refractivity contribution in [1.29, 1.82) is 0 Å². The summed E-state index contributed by atoms with van der Waals surface area (Å²) in [5, 5.41) is 22.3. The zero-order valence-electron chi connectivity index (χ0n) is 21.7. The molecule has 0 unspecified atom stereocenters. The van der Waals surface area contributed by atoms with E-state index in [0.29, 0.717) is 6.54 Å². The predicted octanol–water partition coefficient (Wildman–Crippen LogP) is 5.25. The van der Waals surface area contributed by atoms with Crippen molar-refractivity contribution >= 4 is 6.09 Å². The number of allylic oxidation sites excluding steroid dienone is 5. The molecular weight excluding hydrogens is 418 g/mol. The van der Waals surface area contributed by atoms with E-state index < -0.39 is 17.8 Å². The van der Waals surface area contributed by atoms with E-state index in [1.165, 1.54) is 0 Å². The smallest absolute Gasteiger partial charge is 0.407 e. The topological polar surface area (TPSA) is 88.0 Å². The summed E-state index contributed by atoms with van der Waals surface area (Å²) >= 11 is 0. The monoisotopic (exact) mass is 463 g/mol. The van der Waals surface area contributed by atoms with Crippen LogP contribution in [0.25, 0.3) is 0 Å². The van der Waals surface area contributed by atoms with Gasteiger partial charge in [-0.1, -0.05) is 60.6 Å². The summed E-state index contributed by atoms with van der Waals surface area (Å²) < 4.78 is 10.7. The summed E-state index contributed by atoms with van der Waals surface area (Å²) in [6, 6.07) is 0. The summed E-state index contributed by atoms with van der Waals surface area (Å²) in [6.07, 6.45) is 14.2. The van der Waals surface area contributed by atoms with Crippen molar-refractivity contribution in [3.8, 4) is 0 Å². The first-order valence-corrected chi connectivity index (χ1v) is 11.5. The minimum absolute atomic E-state index is 0.00153. The number of alkyl carbamates (subject to hydrolysis) is 1. The lowest BCUT2D eigenvalue weighted by Crippen LogP contribution is -2.33. The minimum atomic E-state index is -0.609. The van der Waals surface area contributed by atoms with Gasteiger partial charge in [0.25, 0.3) is 0 Å². The Morgan fingerprint density at radius 1 is 1.06 bits per heavy atom. The number of hydrogen-bond donors (Lipinski definition) is 3. The number of methoxy groups -OCH3 is 1. The number of carbonyl (C=O) groups is 1. The molecule has 0 saturated heterocycles. The zero-order chi connectivity index (χ0) is 25.4. The van der Waals surface area contributed by atoms with E-state index >= 15 is 0 Å². The van der Waals surface area contributed by atoms with Crippen LogP contribution in [0.15, 0.2) is 59.3 Å². The summed E-state index contributed by atoms with van der Waals surface area (Å²) in [7, 11) is 1.68. The van der Waals surface area contributed by atoms with Crippen molar-refractivity contribution in [2.24, 2.45) is 5.92 Å². The van der Waals surface area contributed by atoms with Gasteiger partial charge in [-0.3, -0.25) is 0 Å². The molecule has 0 aliphatic carbocycles. The molecule has 0 saturated carbocycles. The highest BCUT2D eigenvalue weighted by Crippen LogP contribution is 2.15. The fourth-order valence-electron chi connectivity index (χ4n) is 2.76. The molecule has 188 valence electrons. The molecule has 0 aliphatic heterocycles. The van der Waals surface area contributed by atoms with Gasteiger partial charge in [-0.25, -0.2) is 4.79 Å². The number of carbonyl (C=O) groups excluding carboxylic acids is 1. The highest BCUT2D eigenvalue weighted by atomic mass is 16.6. The molecule has 0 radical (unpaired) electrons. The average Bonchev–Trinajstić information content (AvgIpc) is 2.75.